The molecule has 3 aliphatic carbocycles. The van der Waals surface area contributed by atoms with Crippen LogP contribution in [0.5, 0.6) is 0 Å². The van der Waals surface area contributed by atoms with E-state index < -0.39 is 0 Å². The molecule has 0 spiro atoms. The lowest BCUT2D eigenvalue weighted by molar-refractivity contribution is 0.0665. The molecule has 0 amide bonds. The standard InChI is InChI=1S/C27H42O/c1-20(22-5-3-2-4-6-22)19-21-7-9-23(10-8-21)24-11-13-25(14-12-24)26-15-17-27(28)18-16-26/h2-6,20-21,23-28H,7-19H2,1H3/t20-,21?,23?,24?,25?,26?,27?/m0/s1. The molecule has 0 radical (unpaired) electrons. The summed E-state index contributed by atoms with van der Waals surface area (Å²) in [6.45, 7) is 2.42. The molecule has 4 rings (SSSR count). The van der Waals surface area contributed by atoms with Gasteiger partial charge in [-0.3, -0.25) is 0 Å². The van der Waals surface area contributed by atoms with Crippen LogP contribution in [0.4, 0.5) is 0 Å². The molecule has 1 nitrogen and oxygen atoms in total. The van der Waals surface area contributed by atoms with Crippen molar-refractivity contribution in [3.63, 3.8) is 0 Å². The Bertz CT molecular complexity index is 557. The van der Waals surface area contributed by atoms with Gasteiger partial charge in [-0.15, -0.1) is 0 Å². The molecular formula is C27H42O. The van der Waals surface area contributed by atoms with Gasteiger partial charge in [0.05, 0.1) is 6.10 Å². The van der Waals surface area contributed by atoms with Crippen LogP contribution in [0.15, 0.2) is 30.3 Å². The Morgan fingerprint density at radius 2 is 1.11 bits per heavy atom. The fourth-order valence-corrected chi connectivity index (χ4v) is 6.97. The van der Waals surface area contributed by atoms with Gasteiger partial charge < -0.3 is 5.11 Å². The second kappa shape index (κ2) is 9.79. The minimum atomic E-state index is 0.00684. The Hall–Kier alpha value is -0.820. The summed E-state index contributed by atoms with van der Waals surface area (Å²) >= 11 is 0. The summed E-state index contributed by atoms with van der Waals surface area (Å²) in [6.07, 6.45) is 18.0. The molecule has 1 heteroatoms. The van der Waals surface area contributed by atoms with Crippen LogP contribution in [-0.4, -0.2) is 11.2 Å². The first-order chi connectivity index (χ1) is 13.7. The van der Waals surface area contributed by atoms with E-state index in [4.69, 9.17) is 0 Å². The van der Waals surface area contributed by atoms with Crippen LogP contribution >= 0.6 is 0 Å². The summed E-state index contributed by atoms with van der Waals surface area (Å²) in [4.78, 5) is 0. The van der Waals surface area contributed by atoms with Gasteiger partial charge in [0.2, 0.25) is 0 Å². The van der Waals surface area contributed by atoms with Crippen molar-refractivity contribution in [1.29, 1.82) is 0 Å². The maximum atomic E-state index is 9.78. The van der Waals surface area contributed by atoms with Crippen LogP contribution in [0.3, 0.4) is 0 Å². The predicted octanol–water partition coefficient (Wildman–Crippen LogP) is 7.34. The SMILES string of the molecule is C[C@@H](CC1CCC(C2CCC(C3CCC(O)CC3)CC2)CC1)c1ccccc1. The number of benzene rings is 1. The fourth-order valence-electron chi connectivity index (χ4n) is 6.97. The molecule has 3 fully saturated rings. The molecule has 1 N–H and O–H groups in total. The summed E-state index contributed by atoms with van der Waals surface area (Å²) in [5.41, 5.74) is 1.53. The van der Waals surface area contributed by atoms with E-state index in [0.29, 0.717) is 5.92 Å². The van der Waals surface area contributed by atoms with Gasteiger partial charge >= 0.3 is 0 Å². The Morgan fingerprint density at radius 1 is 0.679 bits per heavy atom. The van der Waals surface area contributed by atoms with Gasteiger partial charge in [0.15, 0.2) is 0 Å². The average molecular weight is 383 g/mol. The first kappa shape index (κ1) is 20.5. The first-order valence-electron chi connectivity index (χ1n) is 12.4. The molecule has 0 saturated heterocycles. The van der Waals surface area contributed by atoms with Crippen LogP contribution in [-0.2, 0) is 0 Å². The van der Waals surface area contributed by atoms with Gasteiger partial charge in [-0.1, -0.05) is 50.1 Å². The molecule has 1 atom stereocenters. The van der Waals surface area contributed by atoms with E-state index in [1.54, 1.807) is 0 Å². The number of hydrogen-bond donors (Lipinski definition) is 1. The Morgan fingerprint density at radius 3 is 1.61 bits per heavy atom. The molecule has 1 aromatic carbocycles. The normalized spacial score (nSPS) is 38.1. The van der Waals surface area contributed by atoms with Gasteiger partial charge in [-0.2, -0.15) is 0 Å². The first-order valence-corrected chi connectivity index (χ1v) is 12.4. The van der Waals surface area contributed by atoms with Crippen LogP contribution in [0.2, 0.25) is 0 Å². The van der Waals surface area contributed by atoms with Crippen molar-refractivity contribution < 1.29 is 5.11 Å². The third-order valence-corrected chi connectivity index (χ3v) is 8.84. The lowest BCUT2D eigenvalue weighted by atomic mass is 9.65. The molecular weight excluding hydrogens is 340 g/mol. The zero-order valence-electron chi connectivity index (χ0n) is 18.1. The third-order valence-electron chi connectivity index (χ3n) is 8.84. The lowest BCUT2D eigenvalue weighted by Crippen LogP contribution is -2.30. The van der Waals surface area contributed by atoms with E-state index in [1.807, 2.05) is 0 Å². The number of rotatable bonds is 5. The van der Waals surface area contributed by atoms with Crippen molar-refractivity contribution in [2.75, 3.05) is 0 Å². The lowest BCUT2D eigenvalue weighted by Gasteiger charge is -2.41. The Balaban J connectivity index is 1.18. The summed E-state index contributed by atoms with van der Waals surface area (Å²) in [6, 6.07) is 11.1. The summed E-state index contributed by atoms with van der Waals surface area (Å²) in [5, 5.41) is 9.78. The van der Waals surface area contributed by atoms with Gasteiger partial charge in [0, 0.05) is 0 Å². The second-order valence-corrected chi connectivity index (χ2v) is 10.6. The molecule has 3 aliphatic rings. The van der Waals surface area contributed by atoms with Gasteiger partial charge in [0.25, 0.3) is 0 Å². The second-order valence-electron chi connectivity index (χ2n) is 10.6. The van der Waals surface area contributed by atoms with Crippen LogP contribution < -0.4 is 0 Å². The highest BCUT2D eigenvalue weighted by molar-refractivity contribution is 5.18. The average Bonchev–Trinajstić information content (AvgIpc) is 2.76. The maximum Gasteiger partial charge on any atom is 0.0540 e. The number of aliphatic hydroxyl groups excluding tert-OH is 1. The van der Waals surface area contributed by atoms with E-state index in [9.17, 15) is 5.11 Å². The third kappa shape index (κ3) is 5.21. The smallest absolute Gasteiger partial charge is 0.0540 e. The van der Waals surface area contributed by atoms with E-state index in [0.717, 1.165) is 42.4 Å². The number of aliphatic hydroxyl groups is 1. The number of hydrogen-bond acceptors (Lipinski definition) is 1. The van der Waals surface area contributed by atoms with Crippen molar-refractivity contribution in [3.8, 4) is 0 Å². The van der Waals surface area contributed by atoms with Crippen molar-refractivity contribution in [2.24, 2.45) is 29.6 Å². The highest BCUT2D eigenvalue weighted by Crippen LogP contribution is 2.46. The molecule has 0 aliphatic heterocycles. The molecule has 3 saturated carbocycles. The topological polar surface area (TPSA) is 20.2 Å². The minimum absolute atomic E-state index is 0.00684. The van der Waals surface area contributed by atoms with Gasteiger partial charge in [-0.05, 0) is 112 Å². The molecule has 156 valence electrons. The summed E-state index contributed by atoms with van der Waals surface area (Å²) < 4.78 is 0. The predicted molar refractivity (Wildman–Crippen MR) is 118 cm³/mol. The van der Waals surface area contributed by atoms with Gasteiger partial charge in [-0.25, -0.2) is 0 Å². The monoisotopic (exact) mass is 382 g/mol. The zero-order chi connectivity index (χ0) is 19.3. The van der Waals surface area contributed by atoms with Crippen molar-refractivity contribution in [3.05, 3.63) is 35.9 Å². The molecule has 0 unspecified atom stereocenters. The largest absolute Gasteiger partial charge is 0.393 e. The summed E-state index contributed by atoms with van der Waals surface area (Å²) in [7, 11) is 0. The molecule has 0 heterocycles. The van der Waals surface area contributed by atoms with Crippen molar-refractivity contribution in [1.82, 2.24) is 0 Å². The highest BCUT2D eigenvalue weighted by Gasteiger charge is 2.34. The Labute approximate surface area is 173 Å². The molecule has 1 aromatic rings. The van der Waals surface area contributed by atoms with Crippen molar-refractivity contribution >= 4 is 0 Å². The van der Waals surface area contributed by atoms with Crippen LogP contribution in [0, 0.1) is 29.6 Å². The molecule has 28 heavy (non-hydrogen) atoms. The summed E-state index contributed by atoms with van der Waals surface area (Å²) in [5.74, 6) is 5.63. The minimum Gasteiger partial charge on any atom is -0.393 e. The Kier molecular flexibility index (Phi) is 7.15. The highest BCUT2D eigenvalue weighted by atomic mass is 16.3. The van der Waals surface area contributed by atoms with E-state index in [1.165, 1.54) is 76.2 Å². The van der Waals surface area contributed by atoms with Gasteiger partial charge in [0.1, 0.15) is 0 Å². The zero-order valence-corrected chi connectivity index (χ0v) is 18.1. The van der Waals surface area contributed by atoms with E-state index in [-0.39, 0.29) is 6.10 Å². The van der Waals surface area contributed by atoms with Crippen molar-refractivity contribution in [2.45, 2.75) is 102 Å². The fraction of sp³-hybridized carbons (Fsp3) is 0.778. The van der Waals surface area contributed by atoms with Crippen LogP contribution in [0.1, 0.15) is 102 Å². The quantitative estimate of drug-likeness (QED) is 0.564. The molecule has 0 aromatic heterocycles. The van der Waals surface area contributed by atoms with E-state index in [2.05, 4.69) is 37.3 Å². The maximum absolute atomic E-state index is 9.78. The van der Waals surface area contributed by atoms with Crippen LogP contribution in [0.25, 0.3) is 0 Å². The molecule has 0 bridgehead atoms. The van der Waals surface area contributed by atoms with E-state index >= 15 is 0 Å².